The van der Waals surface area contributed by atoms with Crippen molar-refractivity contribution < 1.29 is 6.52 Å². The second-order valence-electron chi connectivity index (χ2n) is 0.238. The normalized spacial score (nSPS) is 5.20. The molecule has 32 valence electrons. The minimum atomic E-state index is -3.57. The van der Waals surface area contributed by atoms with Crippen molar-refractivity contribution in [2.45, 2.75) is 0 Å². The maximum absolute atomic E-state index is 8.93. The van der Waals surface area contributed by atoms with E-state index in [1.54, 1.807) is 0 Å². The molecule has 0 radical (unpaired) electrons. The van der Waals surface area contributed by atoms with E-state index in [-0.39, 0.29) is 6.15 Å². The Hall–Kier alpha value is 0.809. The Kier molecular flexibility index (Phi) is 8.91. The molecule has 0 aromatic heterocycles. The molecule has 0 saturated carbocycles. The molecule has 5 heavy (non-hydrogen) atoms. The van der Waals surface area contributed by atoms with E-state index in [1.807, 2.05) is 0 Å². The summed E-state index contributed by atoms with van der Waals surface area (Å²) in [6.45, 7) is 0. The Balaban J connectivity index is 0. The van der Waals surface area contributed by atoms with Crippen LogP contribution in [-0.4, -0.2) is 19.0 Å². The van der Waals surface area contributed by atoms with E-state index < -0.39 is 19.0 Å². The molecule has 0 amide bonds. The standard InChI is InChI=1S/ClH.H3N.2O.Sn/h1H;1H3;;;/q;;;-1;+1. The van der Waals surface area contributed by atoms with Gasteiger partial charge in [-0.25, -0.2) is 0 Å². The molecule has 0 aliphatic rings. The van der Waals surface area contributed by atoms with Gasteiger partial charge in [-0.2, -0.15) is 0 Å². The first kappa shape index (κ1) is 9.26. The zero-order valence-corrected chi connectivity index (χ0v) is 6.30. The quantitative estimate of drug-likeness (QED) is 0.534. The van der Waals surface area contributed by atoms with Gasteiger partial charge in [0.25, 0.3) is 0 Å². The number of hydrogen-bond donors (Lipinski definition) is 1. The summed E-state index contributed by atoms with van der Waals surface area (Å²) >= 11 is -3.57. The van der Waals surface area contributed by atoms with Crippen LogP contribution in [0.5, 0.6) is 0 Å². The van der Waals surface area contributed by atoms with E-state index >= 15 is 0 Å². The average molecular weight is 204 g/mol. The van der Waals surface area contributed by atoms with Crippen LogP contribution in [0.15, 0.2) is 0 Å². The van der Waals surface area contributed by atoms with E-state index in [4.69, 9.17) is 6.52 Å². The molecule has 4 N–H and O–H groups in total. The van der Waals surface area contributed by atoms with Crippen molar-refractivity contribution in [3.63, 3.8) is 0 Å². The summed E-state index contributed by atoms with van der Waals surface area (Å²) in [5.41, 5.74) is 0. The van der Waals surface area contributed by atoms with Crippen molar-refractivity contribution >= 4 is 28.0 Å². The Labute approximate surface area is 40.9 Å². The molecular weight excluding hydrogens is 200 g/mol. The number of rotatable bonds is 0. The van der Waals surface area contributed by atoms with Gasteiger partial charge >= 0.3 is 34.5 Å². The summed E-state index contributed by atoms with van der Waals surface area (Å²) in [6.07, 6.45) is 0. The summed E-state index contributed by atoms with van der Waals surface area (Å²) in [6, 6.07) is 0. The summed E-state index contributed by atoms with van der Waals surface area (Å²) in [7, 11) is 4.36. The third-order valence-corrected chi connectivity index (χ3v) is 0. The zero-order chi connectivity index (χ0) is 3.58. The van der Waals surface area contributed by atoms with Gasteiger partial charge in [-0.1, -0.05) is 0 Å². The summed E-state index contributed by atoms with van der Waals surface area (Å²) in [5, 5.41) is 0. The van der Waals surface area contributed by atoms with Crippen LogP contribution in [0.25, 0.3) is 0 Å². The van der Waals surface area contributed by atoms with Crippen LogP contribution in [0.1, 0.15) is 0 Å². The molecule has 0 spiro atoms. The van der Waals surface area contributed by atoms with Crippen molar-refractivity contribution in [2.24, 2.45) is 0 Å². The van der Waals surface area contributed by atoms with Crippen molar-refractivity contribution in [2.75, 3.05) is 0 Å². The molecule has 0 rings (SSSR count). The Morgan fingerprint density at radius 2 is 1.80 bits per heavy atom. The van der Waals surface area contributed by atoms with Gasteiger partial charge in [0.2, 0.25) is 0 Å². The molecule has 0 aliphatic heterocycles. The van der Waals surface area contributed by atoms with Gasteiger partial charge in [-0.15, -0.1) is 0 Å². The molecule has 0 saturated heterocycles. The molecule has 0 heterocycles. The molecule has 0 aromatic carbocycles. The average Bonchev–Trinajstić information content (AvgIpc) is 0.811. The molecule has 5 heteroatoms. The van der Waals surface area contributed by atoms with Crippen LogP contribution in [0, 0.1) is 0 Å². The van der Waals surface area contributed by atoms with Crippen LogP contribution in [0.4, 0.5) is 0 Å². The van der Waals surface area contributed by atoms with Gasteiger partial charge in [0, 0.05) is 0 Å². The zero-order valence-electron chi connectivity index (χ0n) is 2.69. The first-order valence-corrected chi connectivity index (χ1v) is 6.54. The van der Waals surface area contributed by atoms with Gasteiger partial charge in [-0.3, -0.25) is 0 Å². The SMILES string of the molecule is [NH4+].[O]=[Sn]([O-])[Cl]. The number of quaternary nitrogens is 1. The van der Waals surface area contributed by atoms with Gasteiger partial charge < -0.3 is 6.15 Å². The number of halogens is 1. The second-order valence-corrected chi connectivity index (χ2v) is 3.66. The fraction of sp³-hybridized carbons (Fsp3) is 0. The van der Waals surface area contributed by atoms with E-state index in [0.717, 1.165) is 0 Å². The third-order valence-electron chi connectivity index (χ3n) is 0. The minimum absolute atomic E-state index is 0. The Morgan fingerprint density at radius 1 is 1.80 bits per heavy atom. The topological polar surface area (TPSA) is 76.6 Å². The van der Waals surface area contributed by atoms with E-state index in [0.29, 0.717) is 0 Å². The predicted octanol–water partition coefficient (Wildman–Crippen LogP) is -0.623. The van der Waals surface area contributed by atoms with Crippen LogP contribution in [0.2, 0.25) is 0 Å². The van der Waals surface area contributed by atoms with Gasteiger partial charge in [0.05, 0.1) is 0 Å². The first-order chi connectivity index (χ1) is 1.73. The first-order valence-electron chi connectivity index (χ1n) is 0.597. The molecule has 3 nitrogen and oxygen atoms in total. The van der Waals surface area contributed by atoms with Crippen molar-refractivity contribution in [3.05, 3.63) is 0 Å². The monoisotopic (exact) mass is 205 g/mol. The van der Waals surface area contributed by atoms with Crippen molar-refractivity contribution in [3.8, 4) is 0 Å². The molecule has 0 aromatic rings. The summed E-state index contributed by atoms with van der Waals surface area (Å²) < 4.78 is 17.9. The molecule has 0 fully saturated rings. The van der Waals surface area contributed by atoms with Crippen LogP contribution in [-0.2, 0) is 3.08 Å². The van der Waals surface area contributed by atoms with Crippen molar-refractivity contribution in [1.29, 1.82) is 0 Å². The maximum atomic E-state index is 8.93. The Morgan fingerprint density at radius 3 is 1.80 bits per heavy atom. The van der Waals surface area contributed by atoms with Gasteiger partial charge in [-0.05, 0) is 0 Å². The van der Waals surface area contributed by atoms with Gasteiger partial charge in [0.1, 0.15) is 0 Å². The van der Waals surface area contributed by atoms with E-state index in [2.05, 4.69) is 8.92 Å². The van der Waals surface area contributed by atoms with Crippen LogP contribution < -0.4 is 9.59 Å². The molecule has 0 atom stereocenters. The molecule has 0 aliphatic carbocycles. The fourth-order valence-electron chi connectivity index (χ4n) is 0. The second kappa shape index (κ2) is 4.81. The Bertz CT molecular complexity index is 32.6. The van der Waals surface area contributed by atoms with Gasteiger partial charge in [0.15, 0.2) is 0 Å². The van der Waals surface area contributed by atoms with Crippen LogP contribution >= 0.6 is 8.92 Å². The summed E-state index contributed by atoms with van der Waals surface area (Å²) in [5.74, 6) is 0. The number of hydrogen-bond acceptors (Lipinski definition) is 2. The predicted molar refractivity (Wildman–Crippen MR) is 18.3 cm³/mol. The fourth-order valence-corrected chi connectivity index (χ4v) is 0. The third kappa shape index (κ3) is 58.0. The molecular formula is H4ClNO2Sn. The van der Waals surface area contributed by atoms with E-state index in [1.165, 1.54) is 0 Å². The van der Waals surface area contributed by atoms with Crippen LogP contribution in [0.3, 0.4) is 0 Å². The van der Waals surface area contributed by atoms with E-state index in [9.17, 15) is 0 Å². The summed E-state index contributed by atoms with van der Waals surface area (Å²) in [4.78, 5) is 0. The molecule has 0 bridgehead atoms. The van der Waals surface area contributed by atoms with Crippen molar-refractivity contribution in [1.82, 2.24) is 6.15 Å². The molecule has 0 unspecified atom stereocenters.